The molecule has 0 aromatic carbocycles. The number of aryl methyl sites for hydroxylation is 3. The molecular weight excluding hydrogens is 242 g/mol. The maximum atomic E-state index is 5.63. The van der Waals surface area contributed by atoms with Gasteiger partial charge in [-0.1, -0.05) is 6.92 Å². The minimum absolute atomic E-state index is 0.348. The second-order valence-corrected chi connectivity index (χ2v) is 4.39. The van der Waals surface area contributed by atoms with E-state index < -0.39 is 0 Å². The lowest BCUT2D eigenvalue weighted by atomic mass is 10.2. The van der Waals surface area contributed by atoms with Crippen molar-refractivity contribution in [3.63, 3.8) is 0 Å². The Morgan fingerprint density at radius 3 is 2.74 bits per heavy atom. The Kier molecular flexibility index (Phi) is 4.11. The maximum absolute atomic E-state index is 5.63. The summed E-state index contributed by atoms with van der Waals surface area (Å²) >= 11 is 0. The lowest BCUT2D eigenvalue weighted by Crippen LogP contribution is -2.13. The van der Waals surface area contributed by atoms with E-state index in [0.29, 0.717) is 11.9 Å². The topological polar surface area (TPSA) is 64.9 Å². The lowest BCUT2D eigenvalue weighted by Gasteiger charge is -2.08. The molecule has 0 unspecified atom stereocenters. The van der Waals surface area contributed by atoms with E-state index in [0.717, 1.165) is 30.0 Å². The molecule has 0 atom stereocenters. The average Bonchev–Trinajstić information content (AvgIpc) is 2.67. The fourth-order valence-electron chi connectivity index (χ4n) is 1.73. The molecule has 0 aliphatic heterocycles. The predicted octanol–water partition coefficient (Wildman–Crippen LogP) is 1.73. The number of hydrogen-bond acceptors (Lipinski definition) is 5. The number of aromatic nitrogens is 4. The Balaban J connectivity index is 2.13. The molecule has 0 spiro atoms. The summed E-state index contributed by atoms with van der Waals surface area (Å²) in [5.74, 6) is 0.635. The van der Waals surface area contributed by atoms with E-state index in [2.05, 4.69) is 27.3 Å². The predicted molar refractivity (Wildman–Crippen MR) is 72.2 cm³/mol. The maximum Gasteiger partial charge on any atom is 0.323 e. The molecule has 2 aromatic rings. The number of ether oxygens (including phenoxy) is 1. The van der Waals surface area contributed by atoms with Gasteiger partial charge in [0.25, 0.3) is 0 Å². The van der Waals surface area contributed by atoms with Gasteiger partial charge in [0.05, 0.1) is 5.69 Å². The van der Waals surface area contributed by atoms with Crippen LogP contribution in [-0.4, -0.2) is 26.3 Å². The van der Waals surface area contributed by atoms with Gasteiger partial charge in [-0.25, -0.2) is 9.67 Å². The van der Waals surface area contributed by atoms with Crippen LogP contribution >= 0.6 is 0 Å². The van der Waals surface area contributed by atoms with Gasteiger partial charge in [-0.3, -0.25) is 0 Å². The van der Waals surface area contributed by atoms with Crippen molar-refractivity contribution in [2.45, 2.75) is 27.3 Å². The van der Waals surface area contributed by atoms with Gasteiger partial charge < -0.3 is 10.1 Å². The molecule has 19 heavy (non-hydrogen) atoms. The Morgan fingerprint density at radius 1 is 1.37 bits per heavy atom. The summed E-state index contributed by atoms with van der Waals surface area (Å²) in [7, 11) is 1.83. The van der Waals surface area contributed by atoms with Crippen LogP contribution in [0.5, 0.6) is 11.9 Å². The quantitative estimate of drug-likeness (QED) is 0.888. The number of nitrogens with zero attached hydrogens (tertiary/aromatic N) is 4. The van der Waals surface area contributed by atoms with Crippen LogP contribution in [0.15, 0.2) is 12.3 Å². The third-order valence-corrected chi connectivity index (χ3v) is 2.78. The van der Waals surface area contributed by atoms with E-state index in [4.69, 9.17) is 4.74 Å². The number of nitrogens with one attached hydrogen (secondary N) is 1. The summed E-state index contributed by atoms with van der Waals surface area (Å²) in [4.78, 5) is 8.58. The Morgan fingerprint density at radius 2 is 2.16 bits per heavy atom. The molecule has 0 radical (unpaired) electrons. The van der Waals surface area contributed by atoms with Gasteiger partial charge in [-0.2, -0.15) is 10.1 Å². The SMILES string of the molecule is CCNCc1cnc(Oc2cc(C)nn2C)nc1C. The van der Waals surface area contributed by atoms with Crippen LogP contribution in [0.1, 0.15) is 23.9 Å². The highest BCUT2D eigenvalue weighted by atomic mass is 16.5. The first kappa shape index (κ1) is 13.5. The summed E-state index contributed by atoms with van der Waals surface area (Å²) < 4.78 is 7.30. The number of rotatable bonds is 5. The molecule has 2 heterocycles. The highest BCUT2D eigenvalue weighted by Gasteiger charge is 2.08. The fraction of sp³-hybridized carbons (Fsp3) is 0.462. The third-order valence-electron chi connectivity index (χ3n) is 2.78. The Bertz CT molecular complexity index is 564. The van der Waals surface area contributed by atoms with Crippen molar-refractivity contribution in [1.82, 2.24) is 25.1 Å². The first-order valence-corrected chi connectivity index (χ1v) is 6.32. The smallest absolute Gasteiger partial charge is 0.323 e. The highest BCUT2D eigenvalue weighted by Crippen LogP contribution is 2.18. The van der Waals surface area contributed by atoms with Gasteiger partial charge >= 0.3 is 6.01 Å². The van der Waals surface area contributed by atoms with Crippen molar-refractivity contribution in [3.8, 4) is 11.9 Å². The van der Waals surface area contributed by atoms with Gasteiger partial charge in [0.2, 0.25) is 5.88 Å². The summed E-state index contributed by atoms with van der Waals surface area (Å²) in [6, 6.07) is 2.20. The Labute approximate surface area is 112 Å². The monoisotopic (exact) mass is 261 g/mol. The van der Waals surface area contributed by atoms with Crippen LogP contribution in [0.2, 0.25) is 0 Å². The molecule has 6 nitrogen and oxygen atoms in total. The van der Waals surface area contributed by atoms with E-state index in [1.165, 1.54) is 0 Å². The second kappa shape index (κ2) is 5.79. The zero-order valence-electron chi connectivity index (χ0n) is 11.8. The molecule has 0 aliphatic carbocycles. The van der Waals surface area contributed by atoms with E-state index >= 15 is 0 Å². The van der Waals surface area contributed by atoms with Crippen molar-refractivity contribution >= 4 is 0 Å². The third kappa shape index (κ3) is 3.29. The van der Waals surface area contributed by atoms with Crippen LogP contribution < -0.4 is 10.1 Å². The summed E-state index contributed by atoms with van der Waals surface area (Å²) in [6.07, 6.45) is 1.80. The van der Waals surface area contributed by atoms with Crippen LogP contribution in [0.4, 0.5) is 0 Å². The Hall–Kier alpha value is -1.95. The van der Waals surface area contributed by atoms with Gasteiger partial charge in [-0.15, -0.1) is 0 Å². The molecule has 6 heteroatoms. The minimum Gasteiger partial charge on any atom is -0.405 e. The van der Waals surface area contributed by atoms with E-state index in [9.17, 15) is 0 Å². The molecule has 2 rings (SSSR count). The molecule has 102 valence electrons. The van der Waals surface area contributed by atoms with E-state index in [1.54, 1.807) is 10.9 Å². The largest absolute Gasteiger partial charge is 0.405 e. The van der Waals surface area contributed by atoms with Crippen molar-refractivity contribution in [1.29, 1.82) is 0 Å². The second-order valence-electron chi connectivity index (χ2n) is 4.39. The number of hydrogen-bond donors (Lipinski definition) is 1. The molecule has 0 amide bonds. The molecule has 1 N–H and O–H groups in total. The van der Waals surface area contributed by atoms with Crippen molar-refractivity contribution in [3.05, 3.63) is 29.2 Å². The zero-order valence-corrected chi connectivity index (χ0v) is 11.8. The molecular formula is C13H19N5O. The van der Waals surface area contributed by atoms with E-state index in [1.807, 2.05) is 27.0 Å². The lowest BCUT2D eigenvalue weighted by molar-refractivity contribution is 0.397. The minimum atomic E-state index is 0.348. The van der Waals surface area contributed by atoms with Crippen LogP contribution in [-0.2, 0) is 13.6 Å². The van der Waals surface area contributed by atoms with Crippen molar-refractivity contribution in [2.75, 3.05) is 6.54 Å². The molecule has 0 fully saturated rings. The fourth-order valence-corrected chi connectivity index (χ4v) is 1.73. The average molecular weight is 261 g/mol. The van der Waals surface area contributed by atoms with Crippen LogP contribution in [0.25, 0.3) is 0 Å². The first-order valence-electron chi connectivity index (χ1n) is 6.32. The van der Waals surface area contributed by atoms with Gasteiger partial charge in [0.15, 0.2) is 0 Å². The van der Waals surface area contributed by atoms with Gasteiger partial charge in [-0.05, 0) is 20.4 Å². The normalized spacial score (nSPS) is 10.7. The molecule has 0 aliphatic rings. The van der Waals surface area contributed by atoms with Crippen molar-refractivity contribution < 1.29 is 4.74 Å². The van der Waals surface area contributed by atoms with E-state index in [-0.39, 0.29) is 0 Å². The van der Waals surface area contributed by atoms with Crippen LogP contribution in [0, 0.1) is 13.8 Å². The highest BCUT2D eigenvalue weighted by molar-refractivity contribution is 5.22. The van der Waals surface area contributed by atoms with Gasteiger partial charge in [0.1, 0.15) is 0 Å². The molecule has 2 aromatic heterocycles. The zero-order chi connectivity index (χ0) is 13.8. The standard InChI is InChI=1S/C13H19N5O/c1-5-14-7-11-8-15-13(16-10(11)3)19-12-6-9(2)17-18(12)4/h6,8,14H,5,7H2,1-4H3. The molecule has 0 bridgehead atoms. The van der Waals surface area contributed by atoms with Gasteiger partial charge in [0, 0.05) is 37.1 Å². The van der Waals surface area contributed by atoms with Crippen LogP contribution in [0.3, 0.4) is 0 Å². The first-order chi connectivity index (χ1) is 9.10. The molecule has 0 saturated carbocycles. The van der Waals surface area contributed by atoms with Crippen molar-refractivity contribution in [2.24, 2.45) is 7.05 Å². The summed E-state index contributed by atoms with van der Waals surface area (Å²) in [6.45, 7) is 7.63. The summed E-state index contributed by atoms with van der Waals surface area (Å²) in [5.41, 5.74) is 2.90. The summed E-state index contributed by atoms with van der Waals surface area (Å²) in [5, 5.41) is 7.47. The molecule has 0 saturated heterocycles.